The van der Waals surface area contributed by atoms with Crippen molar-refractivity contribution in [3.05, 3.63) is 70.8 Å². The van der Waals surface area contributed by atoms with E-state index in [1.54, 1.807) is 56.3 Å². The number of phenolic OH excluding ortho intramolecular Hbond substituents is 2. The molecule has 2 aliphatic rings. The first-order valence-corrected chi connectivity index (χ1v) is 14.3. The molecule has 0 unspecified atom stereocenters. The van der Waals surface area contributed by atoms with Crippen LogP contribution in [0.5, 0.6) is 34.5 Å². The van der Waals surface area contributed by atoms with E-state index in [4.69, 9.17) is 33.2 Å². The van der Waals surface area contributed by atoms with Gasteiger partial charge >= 0.3 is 11.9 Å². The maximum Gasteiger partial charge on any atom is 0.338 e. The number of epoxide rings is 1. The van der Waals surface area contributed by atoms with Gasteiger partial charge in [0.25, 0.3) is 0 Å². The Morgan fingerprint density at radius 1 is 0.889 bits per heavy atom. The molecule has 1 saturated heterocycles. The summed E-state index contributed by atoms with van der Waals surface area (Å²) in [6.45, 7) is 5.27. The van der Waals surface area contributed by atoms with E-state index in [2.05, 4.69) is 0 Å². The second-order valence-electron chi connectivity index (χ2n) is 10.8. The molecule has 4 atom stereocenters. The van der Waals surface area contributed by atoms with Gasteiger partial charge in [-0.1, -0.05) is 31.2 Å². The molecule has 1 aliphatic heterocycles. The summed E-state index contributed by atoms with van der Waals surface area (Å²) in [7, 11) is 5.52. The van der Waals surface area contributed by atoms with Crippen molar-refractivity contribution in [1.29, 1.82) is 0 Å². The minimum Gasteiger partial charge on any atom is -0.504 e. The Kier molecular flexibility index (Phi) is 8.57. The summed E-state index contributed by atoms with van der Waals surface area (Å²) in [6.07, 6.45) is -0.619. The van der Waals surface area contributed by atoms with Crippen LogP contribution in [0.15, 0.2) is 54.1 Å². The number of hydrogen-bond donors (Lipinski definition) is 2. The average Bonchev–Trinajstić information content (AvgIpc) is 3.86. The molecule has 238 valence electrons. The third-order valence-electron chi connectivity index (χ3n) is 8.54. The average molecular weight is 621 g/mol. The van der Waals surface area contributed by atoms with Crippen LogP contribution in [0.2, 0.25) is 0 Å². The van der Waals surface area contributed by atoms with Crippen molar-refractivity contribution < 1.29 is 53.0 Å². The SMILES string of the molecule is CC=C(C)C(=O)O[C@H]1c2cc(O)c(OC)c(OC)c2-c2c(cc(OC)c(OC)c2O)[C@H](OC(=O)c2ccccc2)[C@@]2(CO2)[C@H]1C. The van der Waals surface area contributed by atoms with E-state index >= 15 is 0 Å². The number of ether oxygens (including phenoxy) is 7. The molecule has 1 spiro atoms. The number of allylic oxidation sites excluding steroid dienone is 1. The molecule has 1 fully saturated rings. The first kappa shape index (κ1) is 31.5. The number of rotatable bonds is 8. The van der Waals surface area contributed by atoms with E-state index in [0.29, 0.717) is 22.3 Å². The van der Waals surface area contributed by atoms with Gasteiger partial charge < -0.3 is 43.4 Å². The minimum atomic E-state index is -1.22. The highest BCUT2D eigenvalue weighted by molar-refractivity contribution is 5.92. The zero-order valence-electron chi connectivity index (χ0n) is 26.1. The lowest BCUT2D eigenvalue weighted by atomic mass is 9.73. The summed E-state index contributed by atoms with van der Waals surface area (Å²) in [6, 6.07) is 11.5. The fraction of sp³-hybridized carbons (Fsp3) is 0.353. The van der Waals surface area contributed by atoms with Crippen LogP contribution < -0.4 is 18.9 Å². The number of hydrogen-bond acceptors (Lipinski definition) is 11. The smallest absolute Gasteiger partial charge is 0.338 e. The van der Waals surface area contributed by atoms with Crippen LogP contribution in [0.1, 0.15) is 54.5 Å². The van der Waals surface area contributed by atoms with E-state index in [-0.39, 0.29) is 52.2 Å². The number of methoxy groups -OCH3 is 4. The monoisotopic (exact) mass is 620 g/mol. The number of aromatic hydroxyl groups is 2. The van der Waals surface area contributed by atoms with Crippen molar-refractivity contribution >= 4 is 11.9 Å². The molecule has 1 aliphatic carbocycles. The fourth-order valence-electron chi connectivity index (χ4n) is 5.91. The Balaban J connectivity index is 1.91. The van der Waals surface area contributed by atoms with Crippen molar-refractivity contribution in [3.63, 3.8) is 0 Å². The van der Waals surface area contributed by atoms with Gasteiger partial charge in [-0.15, -0.1) is 0 Å². The molecule has 5 rings (SSSR count). The Labute approximate surface area is 260 Å². The van der Waals surface area contributed by atoms with E-state index in [1.165, 1.54) is 34.5 Å². The molecule has 3 aromatic rings. The third-order valence-corrected chi connectivity index (χ3v) is 8.54. The maximum absolute atomic E-state index is 13.6. The lowest BCUT2D eigenvalue weighted by Gasteiger charge is -2.38. The number of carbonyl (C=O) groups excluding carboxylic acids is 2. The molecule has 2 N–H and O–H groups in total. The molecule has 0 saturated carbocycles. The van der Waals surface area contributed by atoms with Crippen LogP contribution in [-0.4, -0.2) is 62.8 Å². The van der Waals surface area contributed by atoms with Crippen LogP contribution in [0, 0.1) is 5.92 Å². The van der Waals surface area contributed by atoms with Crippen LogP contribution in [0.4, 0.5) is 0 Å². The lowest BCUT2D eigenvalue weighted by molar-refractivity contribution is -0.150. The van der Waals surface area contributed by atoms with Crippen LogP contribution in [-0.2, 0) is 19.0 Å². The summed E-state index contributed by atoms with van der Waals surface area (Å²) in [5.41, 5.74) is 0.366. The number of fused-ring (bicyclic) bond motifs is 3. The van der Waals surface area contributed by atoms with Crippen molar-refractivity contribution in [2.24, 2.45) is 5.92 Å². The van der Waals surface area contributed by atoms with Crippen LogP contribution in [0.3, 0.4) is 0 Å². The number of esters is 2. The lowest BCUT2D eigenvalue weighted by Crippen LogP contribution is -2.39. The molecule has 3 aromatic carbocycles. The Bertz CT molecular complexity index is 1660. The highest BCUT2D eigenvalue weighted by atomic mass is 16.6. The van der Waals surface area contributed by atoms with E-state index in [0.717, 1.165) is 0 Å². The molecule has 0 aromatic heterocycles. The molecule has 11 nitrogen and oxygen atoms in total. The number of benzene rings is 3. The van der Waals surface area contributed by atoms with E-state index in [1.807, 2.05) is 6.92 Å². The molecule has 1 heterocycles. The van der Waals surface area contributed by atoms with Gasteiger partial charge in [-0.05, 0) is 38.1 Å². The fourth-order valence-corrected chi connectivity index (χ4v) is 5.91. The molecule has 0 bridgehead atoms. The topological polar surface area (TPSA) is 143 Å². The van der Waals surface area contributed by atoms with Gasteiger partial charge in [0.05, 0.1) is 40.6 Å². The van der Waals surface area contributed by atoms with Gasteiger partial charge in [-0.2, -0.15) is 0 Å². The summed E-state index contributed by atoms with van der Waals surface area (Å²) in [5, 5.41) is 23.0. The van der Waals surface area contributed by atoms with Gasteiger partial charge in [0.1, 0.15) is 11.7 Å². The highest BCUT2D eigenvalue weighted by Crippen LogP contribution is 2.63. The summed E-state index contributed by atoms with van der Waals surface area (Å²) < 4.78 is 41.0. The zero-order chi connectivity index (χ0) is 32.6. The van der Waals surface area contributed by atoms with Crippen molar-refractivity contribution in [3.8, 4) is 45.6 Å². The maximum atomic E-state index is 13.6. The zero-order valence-corrected chi connectivity index (χ0v) is 26.1. The van der Waals surface area contributed by atoms with Gasteiger partial charge in [-0.25, -0.2) is 9.59 Å². The van der Waals surface area contributed by atoms with Gasteiger partial charge in [0, 0.05) is 33.7 Å². The molecule has 11 heteroatoms. The van der Waals surface area contributed by atoms with Crippen molar-refractivity contribution in [1.82, 2.24) is 0 Å². The predicted molar refractivity (Wildman–Crippen MR) is 162 cm³/mol. The summed E-state index contributed by atoms with van der Waals surface area (Å²) >= 11 is 0. The Hall–Kier alpha value is -4.90. The predicted octanol–water partition coefficient (Wildman–Crippen LogP) is 5.67. The van der Waals surface area contributed by atoms with Crippen molar-refractivity contribution in [2.45, 2.75) is 38.6 Å². The highest BCUT2D eigenvalue weighted by Gasteiger charge is 2.63. The molecule has 0 radical (unpaired) electrons. The van der Waals surface area contributed by atoms with Gasteiger partial charge in [0.2, 0.25) is 11.5 Å². The molecular weight excluding hydrogens is 584 g/mol. The first-order chi connectivity index (χ1) is 21.6. The van der Waals surface area contributed by atoms with Gasteiger partial charge in [0.15, 0.2) is 29.1 Å². The normalized spacial score (nSPS) is 21.8. The number of phenols is 2. The van der Waals surface area contributed by atoms with Crippen LogP contribution in [0.25, 0.3) is 11.1 Å². The van der Waals surface area contributed by atoms with Crippen molar-refractivity contribution in [2.75, 3.05) is 35.0 Å². The Morgan fingerprint density at radius 3 is 2.09 bits per heavy atom. The molecular formula is C34H36O11. The minimum absolute atomic E-state index is 0.0119. The van der Waals surface area contributed by atoms with E-state index in [9.17, 15) is 19.8 Å². The van der Waals surface area contributed by atoms with E-state index < -0.39 is 35.7 Å². The molecule has 0 amide bonds. The third kappa shape index (κ3) is 5.16. The first-order valence-electron chi connectivity index (χ1n) is 14.3. The van der Waals surface area contributed by atoms with Gasteiger partial charge in [-0.3, -0.25) is 0 Å². The largest absolute Gasteiger partial charge is 0.504 e. The summed E-state index contributed by atoms with van der Waals surface area (Å²) in [5.74, 6) is -2.43. The number of carbonyl (C=O) groups is 2. The summed E-state index contributed by atoms with van der Waals surface area (Å²) in [4.78, 5) is 26.9. The standard InChI is InChI=1S/C34H36O11/c1-8-17(2)32(37)44-27-18(3)34(16-43-34)31(45-33(38)19-12-10-9-11-13-19)21-15-23(39-4)29(41-6)26(36)24(21)25-20(27)14-22(35)28(40-5)30(25)42-7/h8-15,18,27,31,35-36H,16H2,1-7H3/t18-,27+,31-,34+/m0/s1. The second kappa shape index (κ2) is 12.2. The second-order valence-corrected chi connectivity index (χ2v) is 10.8. The quantitative estimate of drug-likeness (QED) is 0.183. The van der Waals surface area contributed by atoms with Crippen LogP contribution >= 0.6 is 0 Å². The Morgan fingerprint density at radius 2 is 1.53 bits per heavy atom. The molecule has 45 heavy (non-hydrogen) atoms.